The number of carbonyl (C=O) groups is 1. The first kappa shape index (κ1) is 14.2. The number of nitrogens with one attached hydrogen (secondary N) is 1. The number of hydrogen-bond donors (Lipinski definition) is 2. The van der Waals surface area contributed by atoms with Crippen LogP contribution in [0.15, 0.2) is 12.1 Å². The maximum atomic E-state index is 12.4. The highest BCUT2D eigenvalue weighted by atomic mass is 16.5. The first-order valence-electron chi connectivity index (χ1n) is 7.76. The minimum atomic E-state index is -0.0952. The maximum Gasteiger partial charge on any atom is 0.256 e. The van der Waals surface area contributed by atoms with Gasteiger partial charge in [0.15, 0.2) is 0 Å². The van der Waals surface area contributed by atoms with Gasteiger partial charge in [-0.05, 0) is 31.4 Å². The van der Waals surface area contributed by atoms with Crippen LogP contribution in [0, 0.1) is 0 Å². The van der Waals surface area contributed by atoms with Crippen molar-refractivity contribution in [3.63, 3.8) is 0 Å². The van der Waals surface area contributed by atoms with E-state index in [0.717, 1.165) is 24.9 Å². The van der Waals surface area contributed by atoms with Crippen LogP contribution < -0.4 is 15.8 Å². The molecule has 0 bridgehead atoms. The molecule has 114 valence electrons. The Balaban J connectivity index is 1.69. The maximum absolute atomic E-state index is 12.4. The third kappa shape index (κ3) is 2.83. The number of nitrogen functional groups attached to an aromatic ring is 1. The van der Waals surface area contributed by atoms with Crippen LogP contribution in [0.5, 0.6) is 5.75 Å². The molecule has 1 unspecified atom stereocenters. The van der Waals surface area contributed by atoms with Gasteiger partial charge in [-0.3, -0.25) is 9.69 Å². The van der Waals surface area contributed by atoms with Gasteiger partial charge in [0, 0.05) is 30.3 Å². The Morgan fingerprint density at radius 3 is 3.19 bits per heavy atom. The van der Waals surface area contributed by atoms with Crippen LogP contribution in [0.4, 0.5) is 5.69 Å². The van der Waals surface area contributed by atoms with Gasteiger partial charge in [0.2, 0.25) is 0 Å². The molecule has 2 aliphatic heterocycles. The van der Waals surface area contributed by atoms with Crippen molar-refractivity contribution in [2.24, 2.45) is 0 Å². The molecule has 1 aromatic carbocycles. The predicted octanol–water partition coefficient (Wildman–Crippen LogP) is 1.77. The summed E-state index contributed by atoms with van der Waals surface area (Å²) in [7, 11) is 0. The molecule has 3 N–H and O–H groups in total. The van der Waals surface area contributed by atoms with E-state index < -0.39 is 0 Å². The van der Waals surface area contributed by atoms with Gasteiger partial charge in [-0.2, -0.15) is 0 Å². The summed E-state index contributed by atoms with van der Waals surface area (Å²) in [6.07, 6.45) is 4.39. The van der Waals surface area contributed by atoms with Crippen molar-refractivity contribution in [2.75, 3.05) is 25.6 Å². The summed E-state index contributed by atoms with van der Waals surface area (Å²) in [5.74, 6) is 0.609. The summed E-state index contributed by atoms with van der Waals surface area (Å²) in [5.41, 5.74) is 8.11. The van der Waals surface area contributed by atoms with Crippen LogP contribution in [0.1, 0.15) is 42.1 Å². The number of anilines is 1. The molecule has 1 aromatic rings. The Hall–Kier alpha value is -1.75. The van der Waals surface area contributed by atoms with Crippen LogP contribution in [0.3, 0.4) is 0 Å². The SMILES string of the molecule is CCC1CCCN1CNC(=O)c1cc(N)cc2c1OCC2. The Morgan fingerprint density at radius 1 is 1.52 bits per heavy atom. The Bertz CT molecular complexity index is 545. The zero-order chi connectivity index (χ0) is 14.8. The molecule has 2 heterocycles. The number of ether oxygens (including phenoxy) is 1. The van der Waals surface area contributed by atoms with Gasteiger partial charge < -0.3 is 15.8 Å². The van der Waals surface area contributed by atoms with Gasteiger partial charge in [-0.1, -0.05) is 6.92 Å². The number of nitrogens with two attached hydrogens (primary N) is 1. The van der Waals surface area contributed by atoms with E-state index in [4.69, 9.17) is 10.5 Å². The summed E-state index contributed by atoms with van der Waals surface area (Å²) >= 11 is 0. The van der Waals surface area contributed by atoms with Crippen molar-refractivity contribution < 1.29 is 9.53 Å². The number of fused-ring (bicyclic) bond motifs is 1. The van der Waals surface area contributed by atoms with Gasteiger partial charge in [-0.25, -0.2) is 0 Å². The second-order valence-corrected chi connectivity index (χ2v) is 5.84. The van der Waals surface area contributed by atoms with Crippen LogP contribution in [-0.2, 0) is 6.42 Å². The lowest BCUT2D eigenvalue weighted by Gasteiger charge is -2.23. The first-order chi connectivity index (χ1) is 10.2. The minimum absolute atomic E-state index is 0.0952. The van der Waals surface area contributed by atoms with E-state index >= 15 is 0 Å². The zero-order valence-electron chi connectivity index (χ0n) is 12.5. The van der Waals surface area contributed by atoms with E-state index in [1.165, 1.54) is 12.8 Å². The number of nitrogens with zero attached hydrogens (tertiary/aromatic N) is 1. The van der Waals surface area contributed by atoms with Crippen LogP contribution in [0.2, 0.25) is 0 Å². The van der Waals surface area contributed by atoms with Crippen molar-refractivity contribution in [3.8, 4) is 5.75 Å². The van der Waals surface area contributed by atoms with Gasteiger partial charge in [0.05, 0.1) is 18.8 Å². The Morgan fingerprint density at radius 2 is 2.38 bits per heavy atom. The standard InChI is InChI=1S/C16H23N3O2/c1-2-13-4-3-6-19(13)10-18-16(20)14-9-12(17)8-11-5-7-21-15(11)14/h8-9,13H,2-7,10,17H2,1H3,(H,18,20). The summed E-state index contributed by atoms with van der Waals surface area (Å²) < 4.78 is 5.59. The predicted molar refractivity (Wildman–Crippen MR) is 82.4 cm³/mol. The van der Waals surface area contributed by atoms with Crippen LogP contribution in [-0.4, -0.2) is 36.7 Å². The average Bonchev–Trinajstić information content (AvgIpc) is 3.11. The van der Waals surface area contributed by atoms with E-state index in [9.17, 15) is 4.79 Å². The fourth-order valence-electron chi connectivity index (χ4n) is 3.34. The summed E-state index contributed by atoms with van der Waals surface area (Å²) in [6, 6.07) is 4.20. The molecule has 0 aromatic heterocycles. The molecule has 5 nitrogen and oxygen atoms in total. The number of likely N-dealkylation sites (tertiary alicyclic amines) is 1. The Kier molecular flexibility index (Phi) is 4.01. The fraction of sp³-hybridized carbons (Fsp3) is 0.562. The van der Waals surface area contributed by atoms with Crippen molar-refractivity contribution in [1.29, 1.82) is 0 Å². The number of hydrogen-bond acceptors (Lipinski definition) is 4. The molecule has 3 rings (SSSR count). The first-order valence-corrected chi connectivity index (χ1v) is 7.76. The lowest BCUT2D eigenvalue weighted by Crippen LogP contribution is -2.40. The van der Waals surface area contributed by atoms with Crippen LogP contribution in [0.25, 0.3) is 0 Å². The highest BCUT2D eigenvalue weighted by Gasteiger charge is 2.25. The second kappa shape index (κ2) is 5.93. The third-order valence-corrected chi connectivity index (χ3v) is 4.46. The summed E-state index contributed by atoms with van der Waals surface area (Å²) in [5, 5.41) is 3.01. The molecular weight excluding hydrogens is 266 g/mol. The molecular formula is C16H23N3O2. The highest BCUT2D eigenvalue weighted by Crippen LogP contribution is 2.32. The van der Waals surface area contributed by atoms with Crippen molar-refractivity contribution in [2.45, 2.75) is 38.6 Å². The second-order valence-electron chi connectivity index (χ2n) is 5.84. The number of rotatable bonds is 4. The smallest absolute Gasteiger partial charge is 0.256 e. The number of amides is 1. The molecule has 5 heteroatoms. The third-order valence-electron chi connectivity index (χ3n) is 4.46. The van der Waals surface area contributed by atoms with Crippen molar-refractivity contribution in [3.05, 3.63) is 23.3 Å². The van der Waals surface area contributed by atoms with Crippen LogP contribution >= 0.6 is 0 Å². The molecule has 2 aliphatic rings. The van der Waals surface area contributed by atoms with Gasteiger partial charge in [0.25, 0.3) is 5.91 Å². The summed E-state index contributed by atoms with van der Waals surface area (Å²) in [6.45, 7) is 4.48. The topological polar surface area (TPSA) is 67.6 Å². The molecule has 1 fully saturated rings. The lowest BCUT2D eigenvalue weighted by atomic mass is 10.1. The van der Waals surface area contributed by atoms with Crippen molar-refractivity contribution in [1.82, 2.24) is 10.2 Å². The van der Waals surface area contributed by atoms with E-state index in [1.54, 1.807) is 6.07 Å². The van der Waals surface area contributed by atoms with E-state index in [-0.39, 0.29) is 5.91 Å². The average molecular weight is 289 g/mol. The molecule has 0 aliphatic carbocycles. The highest BCUT2D eigenvalue weighted by molar-refractivity contribution is 5.98. The molecule has 1 saturated heterocycles. The molecule has 1 atom stereocenters. The molecule has 1 amide bonds. The monoisotopic (exact) mass is 289 g/mol. The lowest BCUT2D eigenvalue weighted by molar-refractivity contribution is 0.0914. The fourth-order valence-corrected chi connectivity index (χ4v) is 3.34. The van der Waals surface area contributed by atoms with E-state index in [1.807, 2.05) is 6.07 Å². The molecule has 0 saturated carbocycles. The summed E-state index contributed by atoms with van der Waals surface area (Å²) in [4.78, 5) is 14.8. The molecule has 21 heavy (non-hydrogen) atoms. The van der Waals surface area contributed by atoms with Gasteiger partial charge in [-0.15, -0.1) is 0 Å². The van der Waals surface area contributed by atoms with Crippen molar-refractivity contribution >= 4 is 11.6 Å². The quantitative estimate of drug-likeness (QED) is 0.829. The number of benzene rings is 1. The zero-order valence-corrected chi connectivity index (χ0v) is 12.5. The largest absolute Gasteiger partial charge is 0.492 e. The molecule has 0 spiro atoms. The minimum Gasteiger partial charge on any atom is -0.492 e. The van der Waals surface area contributed by atoms with E-state index in [2.05, 4.69) is 17.1 Å². The molecule has 0 radical (unpaired) electrons. The van der Waals surface area contributed by atoms with Gasteiger partial charge >= 0.3 is 0 Å². The normalized spacial score (nSPS) is 21.1. The van der Waals surface area contributed by atoms with E-state index in [0.29, 0.717) is 36.3 Å². The van der Waals surface area contributed by atoms with Gasteiger partial charge in [0.1, 0.15) is 5.75 Å². The Labute approximate surface area is 125 Å². The number of carbonyl (C=O) groups excluding carboxylic acids is 1.